The molecule has 1 aromatic rings. The molecule has 0 saturated heterocycles. The third kappa shape index (κ3) is 2.57. The summed E-state index contributed by atoms with van der Waals surface area (Å²) in [5.74, 6) is 1.15. The topological polar surface area (TPSA) is 17.1 Å². The molecule has 0 bridgehead atoms. The molecule has 0 spiro atoms. The van der Waals surface area contributed by atoms with Crippen LogP contribution in [0, 0.1) is 11.3 Å². The molecule has 1 nitrogen and oxygen atoms in total. The minimum Gasteiger partial charge on any atom is -0.300 e. The molecule has 3 heteroatoms. The fourth-order valence-corrected chi connectivity index (χ4v) is 3.47. The number of halogens is 2. The zero-order chi connectivity index (χ0) is 13.5. The molecule has 1 aliphatic rings. The summed E-state index contributed by atoms with van der Waals surface area (Å²) in [6.45, 7) is 6.34. The number of rotatable bonds is 4. The van der Waals surface area contributed by atoms with Gasteiger partial charge < -0.3 is 0 Å². The van der Waals surface area contributed by atoms with Crippen LogP contribution in [-0.4, -0.2) is 5.78 Å². The summed E-state index contributed by atoms with van der Waals surface area (Å²) in [5.41, 5.74) is 1.32. The zero-order valence-corrected chi connectivity index (χ0v) is 12.5. The lowest BCUT2D eigenvalue weighted by atomic mass is 10.0. The van der Waals surface area contributed by atoms with Gasteiger partial charge in [0.1, 0.15) is 5.78 Å². The Balaban J connectivity index is 2.21. The lowest BCUT2D eigenvalue weighted by Gasteiger charge is -2.04. The summed E-state index contributed by atoms with van der Waals surface area (Å²) in [4.78, 5) is 11.6. The molecule has 18 heavy (non-hydrogen) atoms. The molecule has 98 valence electrons. The van der Waals surface area contributed by atoms with Gasteiger partial charge in [0.25, 0.3) is 0 Å². The average molecular weight is 285 g/mol. The molecule has 1 fully saturated rings. The van der Waals surface area contributed by atoms with Crippen molar-refractivity contribution in [2.45, 2.75) is 39.5 Å². The van der Waals surface area contributed by atoms with E-state index in [4.69, 9.17) is 23.2 Å². The highest BCUT2D eigenvalue weighted by atomic mass is 35.5. The van der Waals surface area contributed by atoms with Crippen molar-refractivity contribution in [2.75, 3.05) is 0 Å². The van der Waals surface area contributed by atoms with Crippen LogP contribution >= 0.6 is 23.2 Å². The first-order chi connectivity index (χ1) is 8.36. The second kappa shape index (κ2) is 4.86. The van der Waals surface area contributed by atoms with E-state index in [1.165, 1.54) is 0 Å². The van der Waals surface area contributed by atoms with Crippen molar-refractivity contribution in [1.82, 2.24) is 0 Å². The van der Waals surface area contributed by atoms with Crippen molar-refractivity contribution in [1.29, 1.82) is 0 Å². The van der Waals surface area contributed by atoms with E-state index in [1.807, 2.05) is 19.1 Å². The first kappa shape index (κ1) is 13.9. The molecule has 1 aromatic carbocycles. The molecular weight excluding hydrogens is 267 g/mol. The van der Waals surface area contributed by atoms with Gasteiger partial charge in [-0.3, -0.25) is 4.79 Å². The van der Waals surface area contributed by atoms with Crippen LogP contribution in [0.15, 0.2) is 18.2 Å². The monoisotopic (exact) mass is 284 g/mol. The minimum atomic E-state index is 0.166. The van der Waals surface area contributed by atoms with Crippen LogP contribution in [0.4, 0.5) is 0 Å². The van der Waals surface area contributed by atoms with Crippen LogP contribution in [-0.2, 0) is 4.79 Å². The van der Waals surface area contributed by atoms with Crippen molar-refractivity contribution < 1.29 is 4.79 Å². The molecule has 2 rings (SSSR count). The molecule has 0 N–H and O–H groups in total. The first-order valence-electron chi connectivity index (χ1n) is 6.34. The van der Waals surface area contributed by atoms with Gasteiger partial charge in [0.05, 0.1) is 0 Å². The Hall–Kier alpha value is -0.530. The number of Topliss-reactive ketones (excluding diaryl/α,β-unsaturated/α-hetero) is 1. The van der Waals surface area contributed by atoms with Crippen molar-refractivity contribution in [2.24, 2.45) is 11.3 Å². The summed E-state index contributed by atoms with van der Waals surface area (Å²) >= 11 is 12.1. The van der Waals surface area contributed by atoms with E-state index in [0.29, 0.717) is 40.5 Å². The number of carbonyl (C=O) groups is 1. The Morgan fingerprint density at radius 3 is 2.28 bits per heavy atom. The zero-order valence-electron chi connectivity index (χ0n) is 11.0. The van der Waals surface area contributed by atoms with Gasteiger partial charge in [0, 0.05) is 22.9 Å². The van der Waals surface area contributed by atoms with Gasteiger partial charge in [-0.1, -0.05) is 44.0 Å². The van der Waals surface area contributed by atoms with Crippen LogP contribution in [0.5, 0.6) is 0 Å². The lowest BCUT2D eigenvalue weighted by molar-refractivity contribution is -0.119. The van der Waals surface area contributed by atoms with E-state index in [-0.39, 0.29) is 5.41 Å². The van der Waals surface area contributed by atoms with Crippen LogP contribution in [0.25, 0.3) is 0 Å². The molecule has 0 radical (unpaired) electrons. The van der Waals surface area contributed by atoms with Crippen LogP contribution in [0.3, 0.4) is 0 Å². The lowest BCUT2D eigenvalue weighted by Crippen LogP contribution is -1.99. The van der Waals surface area contributed by atoms with E-state index in [0.717, 1.165) is 5.56 Å². The Labute approximate surface area is 118 Å². The molecule has 0 aromatic heterocycles. The summed E-state index contributed by atoms with van der Waals surface area (Å²) in [5, 5.41) is 1.33. The van der Waals surface area contributed by atoms with Crippen molar-refractivity contribution >= 4 is 29.0 Å². The van der Waals surface area contributed by atoms with Crippen LogP contribution < -0.4 is 0 Å². The number of hydrogen-bond donors (Lipinski definition) is 0. The Morgan fingerprint density at radius 2 is 1.78 bits per heavy atom. The largest absolute Gasteiger partial charge is 0.300 e. The van der Waals surface area contributed by atoms with Crippen LogP contribution in [0.1, 0.15) is 45.1 Å². The van der Waals surface area contributed by atoms with Crippen molar-refractivity contribution in [3.63, 3.8) is 0 Å². The standard InChI is InChI=1S/C15H18Cl2O/c1-4-12(18)8-13-14(15(13,2)3)9-5-10(16)7-11(17)6-9/h5-7,13-14H,4,8H2,1-3H3/t13-,14-/m1/s1. The van der Waals surface area contributed by atoms with Gasteiger partial charge in [-0.2, -0.15) is 0 Å². The normalized spacial score (nSPS) is 24.9. The van der Waals surface area contributed by atoms with E-state index >= 15 is 0 Å². The third-order valence-corrected chi connectivity index (χ3v) is 4.57. The second-order valence-corrected chi connectivity index (χ2v) is 6.58. The predicted molar refractivity (Wildman–Crippen MR) is 76.4 cm³/mol. The number of ketones is 1. The summed E-state index contributed by atoms with van der Waals surface area (Å²) in [6, 6.07) is 5.68. The maximum atomic E-state index is 11.6. The average Bonchev–Trinajstić information content (AvgIpc) is 2.78. The quantitative estimate of drug-likeness (QED) is 0.752. The Morgan fingerprint density at radius 1 is 1.22 bits per heavy atom. The van der Waals surface area contributed by atoms with Gasteiger partial charge in [-0.15, -0.1) is 0 Å². The Bertz CT molecular complexity index is 459. The summed E-state index contributed by atoms with van der Waals surface area (Å²) in [7, 11) is 0. The van der Waals surface area contributed by atoms with Crippen molar-refractivity contribution in [3.05, 3.63) is 33.8 Å². The fraction of sp³-hybridized carbons (Fsp3) is 0.533. The highest BCUT2D eigenvalue weighted by Crippen LogP contribution is 2.66. The van der Waals surface area contributed by atoms with Crippen LogP contribution in [0.2, 0.25) is 10.0 Å². The van der Waals surface area contributed by atoms with Gasteiger partial charge in [0.2, 0.25) is 0 Å². The van der Waals surface area contributed by atoms with Gasteiger partial charge in [0.15, 0.2) is 0 Å². The van der Waals surface area contributed by atoms with Gasteiger partial charge in [-0.25, -0.2) is 0 Å². The molecule has 0 unspecified atom stereocenters. The predicted octanol–water partition coefficient (Wildman–Crippen LogP) is 5.10. The minimum absolute atomic E-state index is 0.166. The molecule has 1 saturated carbocycles. The highest BCUT2D eigenvalue weighted by Gasteiger charge is 2.58. The number of benzene rings is 1. The van der Waals surface area contributed by atoms with E-state index < -0.39 is 0 Å². The molecule has 0 aliphatic heterocycles. The maximum Gasteiger partial charge on any atom is 0.132 e. The molecule has 1 aliphatic carbocycles. The third-order valence-electron chi connectivity index (χ3n) is 4.14. The molecule has 0 amide bonds. The summed E-state index contributed by atoms with van der Waals surface area (Å²) in [6.07, 6.45) is 1.29. The van der Waals surface area contributed by atoms with Gasteiger partial charge in [-0.05, 0) is 41.0 Å². The van der Waals surface area contributed by atoms with E-state index in [9.17, 15) is 4.79 Å². The van der Waals surface area contributed by atoms with Gasteiger partial charge >= 0.3 is 0 Å². The van der Waals surface area contributed by atoms with E-state index in [2.05, 4.69) is 13.8 Å². The number of carbonyl (C=O) groups excluding carboxylic acids is 1. The molecule has 2 atom stereocenters. The van der Waals surface area contributed by atoms with E-state index in [1.54, 1.807) is 6.07 Å². The SMILES string of the molecule is CCC(=O)C[C@@H]1[C@@H](c2cc(Cl)cc(Cl)c2)C1(C)C. The number of hydrogen-bond acceptors (Lipinski definition) is 1. The maximum absolute atomic E-state index is 11.6. The Kier molecular flexibility index (Phi) is 3.75. The molecular formula is C15H18Cl2O. The second-order valence-electron chi connectivity index (χ2n) is 5.70. The first-order valence-corrected chi connectivity index (χ1v) is 7.09. The summed E-state index contributed by atoms with van der Waals surface area (Å²) < 4.78 is 0. The smallest absolute Gasteiger partial charge is 0.132 e. The fourth-order valence-electron chi connectivity index (χ4n) is 2.93. The van der Waals surface area contributed by atoms with Crippen molar-refractivity contribution in [3.8, 4) is 0 Å². The highest BCUT2D eigenvalue weighted by molar-refractivity contribution is 6.34. The molecule has 0 heterocycles.